The molecule has 0 aromatic rings. The van der Waals surface area contributed by atoms with Gasteiger partial charge in [0.05, 0.1) is 0 Å². The summed E-state index contributed by atoms with van der Waals surface area (Å²) in [7, 11) is 0. The molecule has 1 saturated heterocycles. The number of nitrogens with one attached hydrogen (secondary N) is 1. The Morgan fingerprint density at radius 1 is 1.38 bits per heavy atom. The molecule has 2 fully saturated rings. The zero-order valence-corrected chi connectivity index (χ0v) is 13.2. The van der Waals surface area contributed by atoms with Gasteiger partial charge in [0.1, 0.15) is 17.7 Å². The SMILES string of the molecule is C[C@H]1CCCC[C@]12NC(=O)N(CC(=O)OC(C)(C)C)C2=O. The van der Waals surface area contributed by atoms with Crippen molar-refractivity contribution in [3.05, 3.63) is 0 Å². The molecule has 2 atom stereocenters. The van der Waals surface area contributed by atoms with Gasteiger partial charge in [0.2, 0.25) is 0 Å². The number of esters is 1. The Bertz CT molecular complexity index is 469. The average molecular weight is 296 g/mol. The van der Waals surface area contributed by atoms with Crippen LogP contribution in [-0.4, -0.2) is 40.5 Å². The lowest BCUT2D eigenvalue weighted by Crippen LogP contribution is -2.54. The number of imide groups is 1. The lowest BCUT2D eigenvalue weighted by molar-refractivity contribution is -0.157. The maximum Gasteiger partial charge on any atom is 0.326 e. The van der Waals surface area contributed by atoms with Crippen molar-refractivity contribution in [2.75, 3.05) is 6.54 Å². The normalized spacial score (nSPS) is 29.7. The largest absolute Gasteiger partial charge is 0.459 e. The highest BCUT2D eigenvalue weighted by atomic mass is 16.6. The van der Waals surface area contributed by atoms with E-state index in [-0.39, 0.29) is 18.4 Å². The molecule has 2 rings (SSSR count). The van der Waals surface area contributed by atoms with E-state index in [9.17, 15) is 14.4 Å². The van der Waals surface area contributed by atoms with Crippen LogP contribution in [0.1, 0.15) is 53.4 Å². The molecular weight excluding hydrogens is 272 g/mol. The van der Waals surface area contributed by atoms with Gasteiger partial charge >= 0.3 is 12.0 Å². The van der Waals surface area contributed by atoms with Gasteiger partial charge in [0.15, 0.2) is 0 Å². The van der Waals surface area contributed by atoms with E-state index in [2.05, 4.69) is 5.32 Å². The summed E-state index contributed by atoms with van der Waals surface area (Å²) < 4.78 is 5.19. The van der Waals surface area contributed by atoms with E-state index in [1.807, 2.05) is 6.92 Å². The fourth-order valence-corrected chi connectivity index (χ4v) is 3.14. The Labute approximate surface area is 125 Å². The van der Waals surface area contributed by atoms with E-state index in [0.29, 0.717) is 6.42 Å². The molecular formula is C15H24N2O4. The molecule has 0 unspecified atom stereocenters. The second-order valence-electron chi connectivity index (χ2n) is 7.03. The number of carbonyl (C=O) groups is 3. The Kier molecular flexibility index (Phi) is 4.00. The lowest BCUT2D eigenvalue weighted by atomic mass is 9.73. The van der Waals surface area contributed by atoms with E-state index in [4.69, 9.17) is 4.74 Å². The molecule has 1 spiro atoms. The third-order valence-corrected chi connectivity index (χ3v) is 4.21. The van der Waals surface area contributed by atoms with Crippen LogP contribution < -0.4 is 5.32 Å². The van der Waals surface area contributed by atoms with Crippen LogP contribution in [-0.2, 0) is 14.3 Å². The summed E-state index contributed by atoms with van der Waals surface area (Å²) in [5.74, 6) is -0.761. The minimum atomic E-state index is -0.822. The molecule has 1 heterocycles. The first-order valence-corrected chi connectivity index (χ1v) is 7.52. The topological polar surface area (TPSA) is 75.7 Å². The van der Waals surface area contributed by atoms with Crippen molar-refractivity contribution >= 4 is 17.9 Å². The first-order valence-electron chi connectivity index (χ1n) is 7.52. The first kappa shape index (κ1) is 15.8. The third-order valence-electron chi connectivity index (χ3n) is 4.21. The predicted molar refractivity (Wildman–Crippen MR) is 76.5 cm³/mol. The van der Waals surface area contributed by atoms with Crippen molar-refractivity contribution in [3.63, 3.8) is 0 Å². The fraction of sp³-hybridized carbons (Fsp3) is 0.800. The molecule has 1 N–H and O–H groups in total. The molecule has 3 amide bonds. The molecule has 118 valence electrons. The van der Waals surface area contributed by atoms with Crippen LogP contribution >= 0.6 is 0 Å². The average Bonchev–Trinajstić information content (AvgIpc) is 2.56. The van der Waals surface area contributed by atoms with E-state index in [1.165, 1.54) is 0 Å². The van der Waals surface area contributed by atoms with Gasteiger partial charge in [0, 0.05) is 0 Å². The standard InChI is InChI=1S/C15H24N2O4/c1-10-7-5-6-8-15(10)12(19)17(13(20)16-15)9-11(18)21-14(2,3)4/h10H,5-9H2,1-4H3,(H,16,20)/t10-,15-/m0/s1. The Morgan fingerprint density at radius 2 is 2.05 bits per heavy atom. The number of hydrogen-bond donors (Lipinski definition) is 1. The summed E-state index contributed by atoms with van der Waals surface area (Å²) in [5, 5.41) is 2.82. The second kappa shape index (κ2) is 5.31. The summed E-state index contributed by atoms with van der Waals surface area (Å²) >= 11 is 0. The van der Waals surface area contributed by atoms with Gasteiger partial charge in [-0.1, -0.05) is 19.8 Å². The van der Waals surface area contributed by atoms with Crippen LogP contribution in [0, 0.1) is 5.92 Å². The number of carbonyl (C=O) groups excluding carboxylic acids is 3. The Morgan fingerprint density at radius 3 is 2.62 bits per heavy atom. The molecule has 6 nitrogen and oxygen atoms in total. The maximum absolute atomic E-state index is 12.6. The van der Waals surface area contributed by atoms with Gasteiger partial charge in [-0.15, -0.1) is 0 Å². The Hall–Kier alpha value is -1.59. The van der Waals surface area contributed by atoms with Crippen molar-refractivity contribution in [3.8, 4) is 0 Å². The monoisotopic (exact) mass is 296 g/mol. The number of rotatable bonds is 2. The molecule has 0 aromatic carbocycles. The van der Waals surface area contributed by atoms with Crippen molar-refractivity contribution in [1.29, 1.82) is 0 Å². The van der Waals surface area contributed by atoms with Crippen LogP contribution in [0.5, 0.6) is 0 Å². The van der Waals surface area contributed by atoms with Crippen molar-refractivity contribution in [2.24, 2.45) is 5.92 Å². The van der Waals surface area contributed by atoms with Crippen LogP contribution in [0.3, 0.4) is 0 Å². The Balaban J connectivity index is 2.10. The summed E-state index contributed by atoms with van der Waals surface area (Å²) in [6.07, 6.45) is 3.53. The van der Waals surface area contributed by atoms with Gasteiger partial charge in [-0.3, -0.25) is 14.5 Å². The quantitative estimate of drug-likeness (QED) is 0.623. The molecule has 1 aliphatic carbocycles. The number of ether oxygens (including phenoxy) is 1. The molecule has 1 aliphatic heterocycles. The second-order valence-corrected chi connectivity index (χ2v) is 7.03. The molecule has 2 aliphatic rings. The van der Waals surface area contributed by atoms with Gasteiger partial charge in [-0.2, -0.15) is 0 Å². The number of amides is 3. The highest BCUT2D eigenvalue weighted by Crippen LogP contribution is 2.38. The van der Waals surface area contributed by atoms with Gasteiger partial charge in [0.25, 0.3) is 5.91 Å². The molecule has 0 aromatic heterocycles. The summed E-state index contributed by atoms with van der Waals surface area (Å²) in [4.78, 5) is 37.6. The molecule has 1 saturated carbocycles. The fourth-order valence-electron chi connectivity index (χ4n) is 3.14. The van der Waals surface area contributed by atoms with Gasteiger partial charge in [-0.05, 0) is 39.5 Å². The van der Waals surface area contributed by atoms with Crippen molar-refractivity contribution in [1.82, 2.24) is 10.2 Å². The van der Waals surface area contributed by atoms with Crippen molar-refractivity contribution < 1.29 is 19.1 Å². The van der Waals surface area contributed by atoms with E-state index < -0.39 is 23.1 Å². The van der Waals surface area contributed by atoms with Crippen LogP contribution in [0.25, 0.3) is 0 Å². The minimum Gasteiger partial charge on any atom is -0.459 e. The number of urea groups is 1. The predicted octanol–water partition coefficient (Wildman–Crippen LogP) is 1.83. The van der Waals surface area contributed by atoms with Gasteiger partial charge in [-0.25, -0.2) is 4.79 Å². The molecule has 21 heavy (non-hydrogen) atoms. The highest BCUT2D eigenvalue weighted by molar-refractivity contribution is 6.08. The number of hydrogen-bond acceptors (Lipinski definition) is 4. The van der Waals surface area contributed by atoms with E-state index in [0.717, 1.165) is 24.2 Å². The van der Waals surface area contributed by atoms with E-state index >= 15 is 0 Å². The highest BCUT2D eigenvalue weighted by Gasteiger charge is 2.55. The molecule has 0 radical (unpaired) electrons. The third kappa shape index (κ3) is 3.04. The maximum atomic E-state index is 12.6. The summed E-state index contributed by atoms with van der Waals surface area (Å²) in [6, 6.07) is -0.486. The van der Waals surface area contributed by atoms with E-state index in [1.54, 1.807) is 20.8 Å². The lowest BCUT2D eigenvalue weighted by Gasteiger charge is -2.36. The minimum absolute atomic E-state index is 0.0892. The first-order chi connectivity index (χ1) is 9.66. The number of nitrogens with zero attached hydrogens (tertiary/aromatic N) is 1. The smallest absolute Gasteiger partial charge is 0.326 e. The summed E-state index contributed by atoms with van der Waals surface area (Å²) in [6.45, 7) is 6.91. The zero-order valence-electron chi connectivity index (χ0n) is 13.2. The van der Waals surface area contributed by atoms with Crippen molar-refractivity contribution in [2.45, 2.75) is 64.5 Å². The van der Waals surface area contributed by atoms with Crippen LogP contribution in [0.15, 0.2) is 0 Å². The van der Waals surface area contributed by atoms with Crippen LogP contribution in [0.2, 0.25) is 0 Å². The molecule has 6 heteroatoms. The molecule has 0 bridgehead atoms. The zero-order chi connectivity index (χ0) is 15.8. The summed E-state index contributed by atoms with van der Waals surface area (Å²) in [5.41, 5.74) is -1.45. The van der Waals surface area contributed by atoms with Gasteiger partial charge < -0.3 is 10.1 Å². The van der Waals surface area contributed by atoms with Crippen LogP contribution in [0.4, 0.5) is 4.79 Å².